The van der Waals surface area contributed by atoms with Crippen molar-refractivity contribution in [2.24, 2.45) is 5.73 Å². The molecular formula is C8H9ClNO2S-. The summed E-state index contributed by atoms with van der Waals surface area (Å²) in [4.78, 5) is 0. The first kappa shape index (κ1) is 10.7. The SMILES string of the molecule is NCc1ccc(CS(=O)[O-])cc1Cl. The molecule has 0 radical (unpaired) electrons. The second-order valence-corrected chi connectivity index (χ2v) is 3.88. The summed E-state index contributed by atoms with van der Waals surface area (Å²) in [6.45, 7) is 0.361. The highest BCUT2D eigenvalue weighted by molar-refractivity contribution is 7.78. The molecule has 0 amide bonds. The fourth-order valence-corrected chi connectivity index (χ4v) is 1.71. The fraction of sp³-hybridized carbons (Fsp3) is 0.250. The van der Waals surface area contributed by atoms with Gasteiger partial charge in [0.15, 0.2) is 0 Å². The standard InChI is InChI=1S/C8H10ClNO2S/c9-8-3-6(5-13(11)12)1-2-7(8)4-10/h1-3H,4-5,10H2,(H,11,12)/p-1. The zero-order valence-corrected chi connectivity index (χ0v) is 8.40. The smallest absolute Gasteiger partial charge is 0.0453 e. The van der Waals surface area contributed by atoms with E-state index in [-0.39, 0.29) is 5.75 Å². The maximum Gasteiger partial charge on any atom is 0.0453 e. The summed E-state index contributed by atoms with van der Waals surface area (Å²) in [6, 6.07) is 5.08. The van der Waals surface area contributed by atoms with Gasteiger partial charge in [0.25, 0.3) is 0 Å². The highest BCUT2D eigenvalue weighted by Crippen LogP contribution is 2.17. The highest BCUT2D eigenvalue weighted by Gasteiger charge is 1.99. The predicted octanol–water partition coefficient (Wildman–Crippen LogP) is 1.18. The molecule has 0 fully saturated rings. The number of rotatable bonds is 3. The Hall–Kier alpha value is -0.420. The van der Waals surface area contributed by atoms with Gasteiger partial charge in [0.1, 0.15) is 0 Å². The molecule has 0 heterocycles. The lowest BCUT2D eigenvalue weighted by Crippen LogP contribution is -1.99. The van der Waals surface area contributed by atoms with Gasteiger partial charge in [0.2, 0.25) is 0 Å². The number of hydrogen-bond acceptors (Lipinski definition) is 3. The van der Waals surface area contributed by atoms with Crippen LogP contribution in [0.15, 0.2) is 18.2 Å². The van der Waals surface area contributed by atoms with Gasteiger partial charge in [-0.2, -0.15) is 0 Å². The average Bonchev–Trinajstić information content (AvgIpc) is 2.03. The molecule has 0 saturated heterocycles. The van der Waals surface area contributed by atoms with Crippen molar-refractivity contribution < 1.29 is 8.76 Å². The molecule has 1 unspecified atom stereocenters. The third kappa shape index (κ3) is 3.08. The topological polar surface area (TPSA) is 66.2 Å². The van der Waals surface area contributed by atoms with E-state index < -0.39 is 11.1 Å². The molecule has 1 aromatic carbocycles. The monoisotopic (exact) mass is 218 g/mol. The maximum atomic E-state index is 10.4. The van der Waals surface area contributed by atoms with Crippen molar-refractivity contribution in [3.8, 4) is 0 Å². The minimum Gasteiger partial charge on any atom is -0.772 e. The van der Waals surface area contributed by atoms with Crippen LogP contribution in [0.2, 0.25) is 5.02 Å². The van der Waals surface area contributed by atoms with Crippen molar-refractivity contribution >= 4 is 22.7 Å². The van der Waals surface area contributed by atoms with E-state index in [0.717, 1.165) is 5.56 Å². The number of hydrogen-bond donors (Lipinski definition) is 1. The Morgan fingerprint density at radius 1 is 1.54 bits per heavy atom. The first-order chi connectivity index (χ1) is 6.13. The fourth-order valence-electron chi connectivity index (χ4n) is 0.982. The molecule has 72 valence electrons. The third-order valence-corrected chi connectivity index (χ3v) is 2.54. The van der Waals surface area contributed by atoms with Gasteiger partial charge in [-0.3, -0.25) is 4.21 Å². The molecular weight excluding hydrogens is 210 g/mol. The molecule has 2 N–H and O–H groups in total. The normalized spacial score (nSPS) is 12.8. The van der Waals surface area contributed by atoms with Gasteiger partial charge in [-0.05, 0) is 17.2 Å². The molecule has 0 spiro atoms. The minimum absolute atomic E-state index is 0.00935. The summed E-state index contributed by atoms with van der Waals surface area (Å²) < 4.78 is 20.7. The van der Waals surface area contributed by atoms with E-state index in [1.807, 2.05) is 0 Å². The molecule has 1 rings (SSSR count). The number of halogens is 1. The second-order valence-electron chi connectivity index (χ2n) is 2.58. The van der Waals surface area contributed by atoms with Crippen molar-refractivity contribution in [2.45, 2.75) is 12.3 Å². The Morgan fingerprint density at radius 3 is 2.69 bits per heavy atom. The van der Waals surface area contributed by atoms with E-state index in [1.54, 1.807) is 18.2 Å². The van der Waals surface area contributed by atoms with Crippen LogP contribution in [0.5, 0.6) is 0 Å². The molecule has 3 nitrogen and oxygen atoms in total. The summed E-state index contributed by atoms with van der Waals surface area (Å²) in [5, 5.41) is 0.519. The van der Waals surface area contributed by atoms with Crippen LogP contribution >= 0.6 is 11.6 Å². The number of nitrogens with two attached hydrogens (primary N) is 1. The van der Waals surface area contributed by atoms with Crippen molar-refractivity contribution in [1.29, 1.82) is 0 Å². The summed E-state index contributed by atoms with van der Waals surface area (Å²) in [5.41, 5.74) is 6.89. The minimum atomic E-state index is -2.07. The summed E-state index contributed by atoms with van der Waals surface area (Å²) in [6.07, 6.45) is 0. The summed E-state index contributed by atoms with van der Waals surface area (Å²) >= 11 is 3.76. The van der Waals surface area contributed by atoms with E-state index in [1.165, 1.54) is 0 Å². The van der Waals surface area contributed by atoms with Crippen LogP contribution in [-0.2, 0) is 23.4 Å². The van der Waals surface area contributed by atoms with E-state index in [0.29, 0.717) is 17.1 Å². The lowest BCUT2D eigenvalue weighted by Gasteiger charge is -2.07. The molecule has 13 heavy (non-hydrogen) atoms. The molecule has 0 aliphatic carbocycles. The van der Waals surface area contributed by atoms with E-state index >= 15 is 0 Å². The maximum absolute atomic E-state index is 10.4. The van der Waals surface area contributed by atoms with E-state index in [4.69, 9.17) is 17.3 Å². The van der Waals surface area contributed by atoms with Gasteiger partial charge in [0.05, 0.1) is 0 Å². The van der Waals surface area contributed by atoms with Crippen molar-refractivity contribution in [3.63, 3.8) is 0 Å². The zero-order chi connectivity index (χ0) is 9.84. The van der Waals surface area contributed by atoms with Gasteiger partial charge in [-0.25, -0.2) is 0 Å². The van der Waals surface area contributed by atoms with Gasteiger partial charge >= 0.3 is 0 Å². The lowest BCUT2D eigenvalue weighted by molar-refractivity contribution is 0.536. The van der Waals surface area contributed by atoms with Gasteiger partial charge < -0.3 is 10.3 Å². The quantitative estimate of drug-likeness (QED) is 0.775. The van der Waals surface area contributed by atoms with E-state index in [9.17, 15) is 8.76 Å². The van der Waals surface area contributed by atoms with Crippen molar-refractivity contribution in [2.75, 3.05) is 0 Å². The molecule has 0 saturated carbocycles. The van der Waals surface area contributed by atoms with Crippen LogP contribution in [-0.4, -0.2) is 8.76 Å². The molecule has 0 aliphatic rings. The van der Waals surface area contributed by atoms with Crippen LogP contribution in [0.1, 0.15) is 11.1 Å². The average molecular weight is 219 g/mol. The van der Waals surface area contributed by atoms with Crippen LogP contribution in [0.25, 0.3) is 0 Å². The molecule has 0 aliphatic heterocycles. The van der Waals surface area contributed by atoms with Crippen LogP contribution in [0, 0.1) is 0 Å². The van der Waals surface area contributed by atoms with Gasteiger partial charge in [-0.1, -0.05) is 34.8 Å². The molecule has 1 atom stereocenters. The van der Waals surface area contributed by atoms with Gasteiger partial charge in [0, 0.05) is 17.3 Å². The largest absolute Gasteiger partial charge is 0.772 e. The summed E-state index contributed by atoms with van der Waals surface area (Å²) in [7, 11) is 0. The van der Waals surface area contributed by atoms with Crippen LogP contribution in [0.3, 0.4) is 0 Å². The predicted molar refractivity (Wildman–Crippen MR) is 52.0 cm³/mol. The first-order valence-corrected chi connectivity index (χ1v) is 5.29. The molecule has 0 aromatic heterocycles. The number of benzene rings is 1. The third-order valence-electron chi connectivity index (χ3n) is 1.62. The Kier molecular flexibility index (Phi) is 3.87. The van der Waals surface area contributed by atoms with Gasteiger partial charge in [-0.15, -0.1) is 0 Å². The Bertz CT molecular complexity index is 330. The Morgan fingerprint density at radius 2 is 2.23 bits per heavy atom. The molecule has 5 heteroatoms. The first-order valence-electron chi connectivity index (χ1n) is 3.66. The Balaban J connectivity index is 2.89. The van der Waals surface area contributed by atoms with Crippen molar-refractivity contribution in [1.82, 2.24) is 0 Å². The van der Waals surface area contributed by atoms with Crippen LogP contribution < -0.4 is 5.73 Å². The Labute approximate surface area is 84.2 Å². The lowest BCUT2D eigenvalue weighted by atomic mass is 10.1. The molecule has 1 aromatic rings. The highest BCUT2D eigenvalue weighted by atomic mass is 35.5. The molecule has 0 bridgehead atoms. The summed E-state index contributed by atoms with van der Waals surface area (Å²) in [5.74, 6) is -0.00935. The zero-order valence-electron chi connectivity index (χ0n) is 6.83. The van der Waals surface area contributed by atoms with E-state index in [2.05, 4.69) is 0 Å². The second kappa shape index (κ2) is 4.72. The van der Waals surface area contributed by atoms with Crippen molar-refractivity contribution in [3.05, 3.63) is 34.3 Å². The van der Waals surface area contributed by atoms with Crippen LogP contribution in [0.4, 0.5) is 0 Å².